The van der Waals surface area contributed by atoms with Gasteiger partial charge in [0.25, 0.3) is 0 Å². The predicted molar refractivity (Wildman–Crippen MR) is 71.2 cm³/mol. The summed E-state index contributed by atoms with van der Waals surface area (Å²) in [6, 6.07) is 0.610. The van der Waals surface area contributed by atoms with Gasteiger partial charge >= 0.3 is 0 Å². The van der Waals surface area contributed by atoms with Crippen LogP contribution in [0.15, 0.2) is 0 Å². The molecule has 0 saturated carbocycles. The third-order valence-electron chi connectivity index (χ3n) is 2.01. The lowest BCUT2D eigenvalue weighted by molar-refractivity contribution is -0.00177. The van der Waals surface area contributed by atoms with Gasteiger partial charge in [0.15, 0.2) is 0 Å². The van der Waals surface area contributed by atoms with Crippen molar-refractivity contribution < 1.29 is 4.74 Å². The summed E-state index contributed by atoms with van der Waals surface area (Å²) in [7, 11) is 0. The molecule has 0 aromatic carbocycles. The van der Waals surface area contributed by atoms with Crippen LogP contribution < -0.4 is 5.32 Å². The van der Waals surface area contributed by atoms with Crippen molar-refractivity contribution in [3.05, 3.63) is 0 Å². The van der Waals surface area contributed by atoms with Crippen LogP contribution in [0.25, 0.3) is 0 Å². The van der Waals surface area contributed by atoms with Crippen molar-refractivity contribution in [2.75, 3.05) is 17.6 Å². The SMILES string of the molecule is CC(C)C(CI)NCCOC(C)(C)C. The molecule has 0 bridgehead atoms. The zero-order valence-corrected chi connectivity index (χ0v) is 12.2. The van der Waals surface area contributed by atoms with Gasteiger partial charge in [0, 0.05) is 17.0 Å². The molecule has 0 aliphatic carbocycles. The highest BCUT2D eigenvalue weighted by Gasteiger charge is 2.12. The van der Waals surface area contributed by atoms with Crippen molar-refractivity contribution in [3.8, 4) is 0 Å². The van der Waals surface area contributed by atoms with E-state index in [9.17, 15) is 0 Å². The monoisotopic (exact) mass is 313 g/mol. The van der Waals surface area contributed by atoms with E-state index in [0.717, 1.165) is 17.6 Å². The summed E-state index contributed by atoms with van der Waals surface area (Å²) in [5.74, 6) is 0.696. The fourth-order valence-corrected chi connectivity index (χ4v) is 2.40. The van der Waals surface area contributed by atoms with Gasteiger partial charge in [0.1, 0.15) is 0 Å². The lowest BCUT2D eigenvalue weighted by Crippen LogP contribution is -2.38. The van der Waals surface area contributed by atoms with Crippen molar-refractivity contribution in [2.45, 2.75) is 46.3 Å². The molecule has 0 aromatic heterocycles. The topological polar surface area (TPSA) is 21.3 Å². The van der Waals surface area contributed by atoms with Crippen LogP contribution in [0, 0.1) is 5.92 Å². The quantitative estimate of drug-likeness (QED) is 0.462. The molecule has 1 atom stereocenters. The third-order valence-corrected chi connectivity index (χ3v) is 2.96. The number of ether oxygens (including phenoxy) is 1. The van der Waals surface area contributed by atoms with Crippen LogP contribution in [-0.4, -0.2) is 29.2 Å². The van der Waals surface area contributed by atoms with E-state index >= 15 is 0 Å². The first kappa shape index (κ1) is 14.6. The zero-order valence-electron chi connectivity index (χ0n) is 10.1. The Balaban J connectivity index is 3.52. The number of rotatable bonds is 6. The number of alkyl halides is 1. The molecule has 1 N–H and O–H groups in total. The normalized spacial score (nSPS) is 14.8. The van der Waals surface area contributed by atoms with Gasteiger partial charge < -0.3 is 10.1 Å². The largest absolute Gasteiger partial charge is 0.375 e. The summed E-state index contributed by atoms with van der Waals surface area (Å²) in [4.78, 5) is 0. The third kappa shape index (κ3) is 8.00. The molecule has 1 unspecified atom stereocenters. The maximum atomic E-state index is 5.64. The van der Waals surface area contributed by atoms with Crippen molar-refractivity contribution in [3.63, 3.8) is 0 Å². The average Bonchev–Trinajstić information content (AvgIpc) is 2.01. The summed E-state index contributed by atoms with van der Waals surface area (Å²) in [5.41, 5.74) is -0.0146. The fourth-order valence-electron chi connectivity index (χ4n) is 1.07. The first-order chi connectivity index (χ1) is 6.37. The van der Waals surface area contributed by atoms with Gasteiger partial charge in [-0.1, -0.05) is 36.4 Å². The lowest BCUT2D eigenvalue weighted by Gasteiger charge is -2.23. The van der Waals surface area contributed by atoms with Crippen LogP contribution in [0.1, 0.15) is 34.6 Å². The van der Waals surface area contributed by atoms with E-state index < -0.39 is 0 Å². The zero-order chi connectivity index (χ0) is 11.2. The van der Waals surface area contributed by atoms with Gasteiger partial charge in [-0.25, -0.2) is 0 Å². The molecule has 0 heterocycles. The van der Waals surface area contributed by atoms with Crippen LogP contribution >= 0.6 is 22.6 Å². The smallest absolute Gasteiger partial charge is 0.0599 e. The molecular formula is C11H24INO. The highest BCUT2D eigenvalue weighted by atomic mass is 127. The minimum absolute atomic E-state index is 0.0146. The summed E-state index contributed by atoms with van der Waals surface area (Å²) in [6.45, 7) is 12.5. The lowest BCUT2D eigenvalue weighted by atomic mass is 10.1. The molecule has 0 spiro atoms. The Bertz CT molecular complexity index is 143. The molecule has 0 aliphatic rings. The highest BCUT2D eigenvalue weighted by Crippen LogP contribution is 2.07. The summed E-state index contributed by atoms with van der Waals surface area (Å²) < 4.78 is 6.80. The Morgan fingerprint density at radius 1 is 1.29 bits per heavy atom. The highest BCUT2D eigenvalue weighted by molar-refractivity contribution is 14.1. The second-order valence-electron chi connectivity index (χ2n) is 4.92. The Kier molecular flexibility index (Phi) is 7.34. The molecule has 0 radical (unpaired) electrons. The van der Waals surface area contributed by atoms with Gasteiger partial charge in [-0.15, -0.1) is 0 Å². The Morgan fingerprint density at radius 2 is 1.86 bits per heavy atom. The first-order valence-corrected chi connectivity index (χ1v) is 6.82. The van der Waals surface area contributed by atoms with Crippen LogP contribution in [-0.2, 0) is 4.74 Å². The molecule has 0 aromatic rings. The summed E-state index contributed by atoms with van der Waals surface area (Å²) in [6.07, 6.45) is 0. The molecule has 3 heteroatoms. The van der Waals surface area contributed by atoms with Gasteiger partial charge in [-0.2, -0.15) is 0 Å². The molecule has 86 valence electrons. The molecule has 0 amide bonds. The molecule has 2 nitrogen and oxygen atoms in total. The number of hydrogen-bond donors (Lipinski definition) is 1. The van der Waals surface area contributed by atoms with Crippen molar-refractivity contribution in [2.24, 2.45) is 5.92 Å². The Hall–Kier alpha value is 0.650. The van der Waals surface area contributed by atoms with E-state index in [2.05, 4.69) is 62.5 Å². The maximum Gasteiger partial charge on any atom is 0.0599 e. The van der Waals surface area contributed by atoms with Gasteiger partial charge in [0.2, 0.25) is 0 Å². The number of hydrogen-bond acceptors (Lipinski definition) is 2. The Morgan fingerprint density at radius 3 is 2.21 bits per heavy atom. The van der Waals surface area contributed by atoms with E-state index in [0.29, 0.717) is 12.0 Å². The molecule has 0 aliphatic heterocycles. The van der Waals surface area contributed by atoms with Crippen molar-refractivity contribution >= 4 is 22.6 Å². The fraction of sp³-hybridized carbons (Fsp3) is 1.00. The van der Waals surface area contributed by atoms with Crippen LogP contribution in [0.3, 0.4) is 0 Å². The van der Waals surface area contributed by atoms with Gasteiger partial charge in [-0.05, 0) is 26.7 Å². The molecular weight excluding hydrogens is 289 g/mol. The standard InChI is InChI=1S/C11H24INO/c1-9(2)10(8-12)13-6-7-14-11(3,4)5/h9-10,13H,6-8H2,1-5H3. The number of nitrogens with one attached hydrogen (secondary N) is 1. The molecule has 14 heavy (non-hydrogen) atoms. The van der Waals surface area contributed by atoms with Crippen LogP contribution in [0.2, 0.25) is 0 Å². The summed E-state index contributed by atoms with van der Waals surface area (Å²) >= 11 is 2.43. The van der Waals surface area contributed by atoms with E-state index in [1.165, 1.54) is 0 Å². The van der Waals surface area contributed by atoms with Crippen molar-refractivity contribution in [1.29, 1.82) is 0 Å². The minimum Gasteiger partial charge on any atom is -0.375 e. The Labute approximate surface area is 102 Å². The molecule has 0 fully saturated rings. The first-order valence-electron chi connectivity index (χ1n) is 5.30. The molecule has 0 rings (SSSR count). The van der Waals surface area contributed by atoms with Gasteiger partial charge in [0.05, 0.1) is 12.2 Å². The minimum atomic E-state index is -0.0146. The predicted octanol–water partition coefficient (Wildman–Crippen LogP) is 2.85. The second kappa shape index (κ2) is 7.01. The van der Waals surface area contributed by atoms with E-state index in [4.69, 9.17) is 4.74 Å². The van der Waals surface area contributed by atoms with Crippen LogP contribution in [0.4, 0.5) is 0 Å². The number of halogens is 1. The van der Waals surface area contributed by atoms with E-state index in [1.807, 2.05) is 0 Å². The maximum absolute atomic E-state index is 5.64. The van der Waals surface area contributed by atoms with Crippen molar-refractivity contribution in [1.82, 2.24) is 5.32 Å². The van der Waals surface area contributed by atoms with E-state index in [-0.39, 0.29) is 5.60 Å². The second-order valence-corrected chi connectivity index (χ2v) is 5.80. The average molecular weight is 313 g/mol. The van der Waals surface area contributed by atoms with E-state index in [1.54, 1.807) is 0 Å². The van der Waals surface area contributed by atoms with Gasteiger partial charge in [-0.3, -0.25) is 0 Å². The van der Waals surface area contributed by atoms with Crippen LogP contribution in [0.5, 0.6) is 0 Å². The summed E-state index contributed by atoms with van der Waals surface area (Å²) in [5, 5.41) is 3.51. The molecule has 0 saturated heterocycles.